The minimum atomic E-state index is 0.481. The Kier molecular flexibility index (Phi) is 5.70. The quantitative estimate of drug-likeness (QED) is 0.576. The van der Waals surface area contributed by atoms with Crippen LogP contribution in [0.4, 0.5) is 0 Å². The summed E-state index contributed by atoms with van der Waals surface area (Å²) in [6.07, 6.45) is 4.13. The highest BCUT2D eigenvalue weighted by atomic mass is 16.5. The summed E-state index contributed by atoms with van der Waals surface area (Å²) in [5.41, 5.74) is 0. The highest BCUT2D eigenvalue weighted by molar-refractivity contribution is 4.63. The lowest BCUT2D eigenvalue weighted by molar-refractivity contribution is 0.0499. The predicted octanol–water partition coefficient (Wildman–Crippen LogP) is 2.85. The normalized spacial score (nSPS) is 16.8. The second kappa shape index (κ2) is 5.72. The highest BCUT2D eigenvalue weighted by Crippen LogP contribution is 2.15. The topological polar surface area (TPSA) is 9.23 Å². The van der Waals surface area contributed by atoms with Crippen LogP contribution >= 0.6 is 0 Å². The maximum absolute atomic E-state index is 5.34. The molecule has 0 rings (SSSR count). The van der Waals surface area contributed by atoms with E-state index >= 15 is 0 Å². The molecule has 2 unspecified atom stereocenters. The summed E-state index contributed by atoms with van der Waals surface area (Å²) in [4.78, 5) is 0. The molecule has 10 heavy (non-hydrogen) atoms. The molecule has 0 aliphatic rings. The fraction of sp³-hybridized carbons (Fsp3) is 1.00. The summed E-state index contributed by atoms with van der Waals surface area (Å²) >= 11 is 0. The summed E-state index contributed by atoms with van der Waals surface area (Å²) < 4.78 is 5.34. The number of rotatable bonds is 5. The number of methoxy groups -OCH3 is 1. The van der Waals surface area contributed by atoms with Gasteiger partial charge < -0.3 is 4.74 Å². The number of hydrogen-bond donors (Lipinski definition) is 0. The second-order valence-corrected chi connectivity index (χ2v) is 2.95. The molecule has 0 spiro atoms. The van der Waals surface area contributed by atoms with E-state index < -0.39 is 0 Å². The Balaban J connectivity index is 3.56. The third-order valence-corrected chi connectivity index (χ3v) is 2.15. The monoisotopic (exact) mass is 144 g/mol. The van der Waals surface area contributed by atoms with Gasteiger partial charge >= 0.3 is 0 Å². The van der Waals surface area contributed by atoms with Gasteiger partial charge in [-0.1, -0.05) is 33.6 Å². The minimum absolute atomic E-state index is 0.481. The average Bonchev–Trinajstić information content (AvgIpc) is 1.99. The van der Waals surface area contributed by atoms with Crippen molar-refractivity contribution in [3.63, 3.8) is 0 Å². The van der Waals surface area contributed by atoms with Crippen LogP contribution < -0.4 is 0 Å². The SMILES string of the molecule is CCCC(OC)C(C)CC. The van der Waals surface area contributed by atoms with Crippen LogP contribution in [-0.4, -0.2) is 13.2 Å². The van der Waals surface area contributed by atoms with Crippen molar-refractivity contribution >= 4 is 0 Å². The minimum Gasteiger partial charge on any atom is -0.381 e. The van der Waals surface area contributed by atoms with Crippen LogP contribution in [-0.2, 0) is 4.74 Å². The highest BCUT2D eigenvalue weighted by Gasteiger charge is 2.12. The molecule has 0 saturated heterocycles. The Hall–Kier alpha value is -0.0400. The van der Waals surface area contributed by atoms with Crippen molar-refractivity contribution in [2.24, 2.45) is 5.92 Å². The van der Waals surface area contributed by atoms with Crippen molar-refractivity contribution in [3.8, 4) is 0 Å². The fourth-order valence-corrected chi connectivity index (χ4v) is 1.18. The summed E-state index contributed by atoms with van der Waals surface area (Å²) in [7, 11) is 1.81. The molecule has 1 heteroatoms. The first-order valence-electron chi connectivity index (χ1n) is 4.29. The van der Waals surface area contributed by atoms with Gasteiger partial charge in [0.05, 0.1) is 6.10 Å². The Morgan fingerprint density at radius 1 is 1.30 bits per heavy atom. The van der Waals surface area contributed by atoms with Crippen LogP contribution in [0.25, 0.3) is 0 Å². The maximum Gasteiger partial charge on any atom is 0.0596 e. The number of ether oxygens (including phenoxy) is 1. The van der Waals surface area contributed by atoms with Crippen LogP contribution in [0.2, 0.25) is 0 Å². The van der Waals surface area contributed by atoms with Crippen LogP contribution in [0.15, 0.2) is 0 Å². The summed E-state index contributed by atoms with van der Waals surface area (Å²) in [6.45, 7) is 6.67. The molecule has 2 atom stereocenters. The van der Waals surface area contributed by atoms with Crippen LogP contribution in [0.5, 0.6) is 0 Å². The fourth-order valence-electron chi connectivity index (χ4n) is 1.18. The largest absolute Gasteiger partial charge is 0.381 e. The van der Waals surface area contributed by atoms with Gasteiger partial charge in [-0.05, 0) is 12.3 Å². The summed E-state index contributed by atoms with van der Waals surface area (Å²) in [5.74, 6) is 0.713. The van der Waals surface area contributed by atoms with E-state index in [1.807, 2.05) is 7.11 Å². The van der Waals surface area contributed by atoms with Gasteiger partial charge in [0.15, 0.2) is 0 Å². The zero-order valence-corrected chi connectivity index (χ0v) is 7.68. The van der Waals surface area contributed by atoms with Gasteiger partial charge in [0.2, 0.25) is 0 Å². The van der Waals surface area contributed by atoms with Gasteiger partial charge in [-0.2, -0.15) is 0 Å². The Bertz CT molecular complexity index is 71.1. The molecule has 0 aromatic rings. The molecule has 0 bridgehead atoms. The molecule has 0 aliphatic heterocycles. The Labute approximate surface area is 64.8 Å². The van der Waals surface area contributed by atoms with E-state index in [2.05, 4.69) is 20.8 Å². The third-order valence-electron chi connectivity index (χ3n) is 2.15. The third kappa shape index (κ3) is 3.21. The van der Waals surface area contributed by atoms with Gasteiger partial charge in [-0.25, -0.2) is 0 Å². The molecule has 0 amide bonds. The Morgan fingerprint density at radius 3 is 2.20 bits per heavy atom. The van der Waals surface area contributed by atoms with E-state index in [0.717, 1.165) is 0 Å². The van der Waals surface area contributed by atoms with Gasteiger partial charge in [0, 0.05) is 7.11 Å². The van der Waals surface area contributed by atoms with E-state index in [1.165, 1.54) is 19.3 Å². The first-order chi connectivity index (χ1) is 4.76. The lowest BCUT2D eigenvalue weighted by Crippen LogP contribution is -2.19. The van der Waals surface area contributed by atoms with Crippen molar-refractivity contribution in [2.75, 3.05) is 7.11 Å². The molecule has 1 nitrogen and oxygen atoms in total. The molecule has 0 heterocycles. The van der Waals surface area contributed by atoms with E-state index in [4.69, 9.17) is 4.74 Å². The zero-order chi connectivity index (χ0) is 7.98. The van der Waals surface area contributed by atoms with Crippen molar-refractivity contribution in [1.29, 1.82) is 0 Å². The zero-order valence-electron chi connectivity index (χ0n) is 7.68. The molecule has 0 aliphatic carbocycles. The maximum atomic E-state index is 5.34. The molecular weight excluding hydrogens is 124 g/mol. The van der Waals surface area contributed by atoms with Crippen LogP contribution in [0.1, 0.15) is 40.0 Å². The number of hydrogen-bond acceptors (Lipinski definition) is 1. The van der Waals surface area contributed by atoms with Gasteiger partial charge in [-0.15, -0.1) is 0 Å². The van der Waals surface area contributed by atoms with E-state index in [9.17, 15) is 0 Å². The first kappa shape index (κ1) is 9.96. The summed E-state index contributed by atoms with van der Waals surface area (Å²) in [6, 6.07) is 0. The molecular formula is C9H20O. The van der Waals surface area contributed by atoms with E-state index in [0.29, 0.717) is 12.0 Å². The Morgan fingerprint density at radius 2 is 1.90 bits per heavy atom. The molecule has 62 valence electrons. The van der Waals surface area contributed by atoms with Gasteiger partial charge in [0.1, 0.15) is 0 Å². The van der Waals surface area contributed by atoms with Gasteiger partial charge in [0.25, 0.3) is 0 Å². The van der Waals surface area contributed by atoms with Crippen molar-refractivity contribution in [2.45, 2.75) is 46.1 Å². The lowest BCUT2D eigenvalue weighted by atomic mass is 9.98. The predicted molar refractivity (Wildman–Crippen MR) is 45.2 cm³/mol. The average molecular weight is 144 g/mol. The smallest absolute Gasteiger partial charge is 0.0596 e. The molecule has 0 aromatic heterocycles. The van der Waals surface area contributed by atoms with Crippen molar-refractivity contribution in [1.82, 2.24) is 0 Å². The van der Waals surface area contributed by atoms with Gasteiger partial charge in [-0.3, -0.25) is 0 Å². The standard InChI is InChI=1S/C9H20O/c1-5-7-9(10-4)8(3)6-2/h8-9H,5-7H2,1-4H3. The molecule has 0 aromatic carbocycles. The van der Waals surface area contributed by atoms with Crippen LogP contribution in [0.3, 0.4) is 0 Å². The first-order valence-corrected chi connectivity index (χ1v) is 4.29. The molecule has 0 fully saturated rings. The second-order valence-electron chi connectivity index (χ2n) is 2.95. The molecule has 0 N–H and O–H groups in total. The van der Waals surface area contributed by atoms with Crippen molar-refractivity contribution in [3.05, 3.63) is 0 Å². The molecule has 0 radical (unpaired) electrons. The van der Waals surface area contributed by atoms with Crippen molar-refractivity contribution < 1.29 is 4.74 Å². The molecule has 0 saturated carbocycles. The summed E-state index contributed by atoms with van der Waals surface area (Å²) in [5, 5.41) is 0. The van der Waals surface area contributed by atoms with Crippen LogP contribution in [0, 0.1) is 5.92 Å². The lowest BCUT2D eigenvalue weighted by Gasteiger charge is -2.20. The van der Waals surface area contributed by atoms with E-state index in [-0.39, 0.29) is 0 Å². The van der Waals surface area contributed by atoms with E-state index in [1.54, 1.807) is 0 Å².